The van der Waals surface area contributed by atoms with Crippen molar-refractivity contribution in [2.24, 2.45) is 0 Å². The molecule has 1 unspecified atom stereocenters. The Balaban J connectivity index is 1.58. The molecule has 0 radical (unpaired) electrons. The first-order valence-corrected chi connectivity index (χ1v) is 9.49. The summed E-state index contributed by atoms with van der Waals surface area (Å²) in [6.45, 7) is 0.938. The highest BCUT2D eigenvalue weighted by Crippen LogP contribution is 2.15. The number of benzene rings is 1. The Morgan fingerprint density at radius 1 is 1.23 bits per heavy atom. The molecule has 1 atom stereocenters. The molecule has 22 heavy (non-hydrogen) atoms. The lowest BCUT2D eigenvalue weighted by Crippen LogP contribution is -2.44. The van der Waals surface area contributed by atoms with Gasteiger partial charge in [0.15, 0.2) is 5.78 Å². The van der Waals surface area contributed by atoms with E-state index in [1.54, 1.807) is 11.3 Å². The van der Waals surface area contributed by atoms with E-state index in [4.69, 9.17) is 0 Å². The fourth-order valence-electron chi connectivity index (χ4n) is 2.41. The summed E-state index contributed by atoms with van der Waals surface area (Å²) in [5, 5.41) is 5.38. The van der Waals surface area contributed by atoms with Gasteiger partial charge in [-0.2, -0.15) is 11.8 Å². The second-order valence-electron chi connectivity index (χ2n) is 5.32. The van der Waals surface area contributed by atoms with E-state index < -0.39 is 0 Å². The van der Waals surface area contributed by atoms with E-state index in [2.05, 4.69) is 59.2 Å². The zero-order valence-corrected chi connectivity index (χ0v) is 14.0. The number of thiophene rings is 1. The summed E-state index contributed by atoms with van der Waals surface area (Å²) in [5.41, 5.74) is 2.26. The van der Waals surface area contributed by atoms with Crippen LogP contribution in [0.3, 0.4) is 0 Å². The lowest BCUT2D eigenvalue weighted by atomic mass is 10.0. The van der Waals surface area contributed by atoms with Crippen molar-refractivity contribution in [1.29, 1.82) is 0 Å². The predicted molar refractivity (Wildman–Crippen MR) is 97.5 cm³/mol. The Bertz CT molecular complexity index is 626. The van der Waals surface area contributed by atoms with Crippen LogP contribution in [0.2, 0.25) is 0 Å². The molecule has 1 aliphatic rings. The molecule has 1 saturated heterocycles. The van der Waals surface area contributed by atoms with Crippen LogP contribution in [0.15, 0.2) is 41.8 Å². The van der Waals surface area contributed by atoms with Crippen molar-refractivity contribution < 1.29 is 4.79 Å². The van der Waals surface area contributed by atoms with E-state index in [9.17, 15) is 4.79 Å². The zero-order valence-electron chi connectivity index (χ0n) is 12.3. The van der Waals surface area contributed by atoms with Crippen molar-refractivity contribution in [3.63, 3.8) is 0 Å². The maximum atomic E-state index is 12.2. The van der Waals surface area contributed by atoms with E-state index in [0.717, 1.165) is 29.2 Å². The number of hydrogen-bond donors (Lipinski definition) is 1. The van der Waals surface area contributed by atoms with E-state index in [0.29, 0.717) is 12.2 Å². The molecule has 2 heterocycles. The number of carbonyl (C=O) groups is 1. The van der Waals surface area contributed by atoms with E-state index in [-0.39, 0.29) is 6.04 Å². The highest BCUT2D eigenvalue weighted by molar-refractivity contribution is 7.99. The molecule has 3 rings (SSSR count). The number of rotatable bonds is 5. The summed E-state index contributed by atoms with van der Waals surface area (Å²) in [5.74, 6) is 2.31. The molecule has 0 saturated carbocycles. The van der Waals surface area contributed by atoms with Gasteiger partial charge in [-0.05, 0) is 28.6 Å². The molecular weight excluding hydrogens is 310 g/mol. The third-order valence-electron chi connectivity index (χ3n) is 3.65. The Kier molecular flexibility index (Phi) is 5.48. The van der Waals surface area contributed by atoms with Crippen LogP contribution in [0.4, 0.5) is 0 Å². The van der Waals surface area contributed by atoms with Gasteiger partial charge in [0.25, 0.3) is 0 Å². The summed E-state index contributed by atoms with van der Waals surface area (Å²) in [6.07, 6.45) is 4.75. The first-order valence-electron chi connectivity index (χ1n) is 7.45. The number of Topliss-reactive ketones (excluding diaryl/α,β-unsaturated/α-hetero) is 1. The lowest BCUT2D eigenvalue weighted by Gasteiger charge is -2.21. The normalized spacial score (nSPS) is 18.6. The standard InChI is InChI=1S/C18H19NOS2/c20-18(17-13-21-11-9-19-17)12-15-5-3-14(4-6-15)7-8-16-2-1-10-22-16/h1-8,10,17,19H,9,11-13H2. The van der Waals surface area contributed by atoms with Gasteiger partial charge in [-0.25, -0.2) is 0 Å². The molecule has 4 heteroatoms. The first-order chi connectivity index (χ1) is 10.8. The average molecular weight is 329 g/mol. The quantitative estimate of drug-likeness (QED) is 0.906. The molecule has 1 aliphatic heterocycles. The van der Waals surface area contributed by atoms with Gasteiger partial charge in [-0.3, -0.25) is 4.79 Å². The number of nitrogens with one attached hydrogen (secondary N) is 1. The Hall–Kier alpha value is -1.36. The van der Waals surface area contributed by atoms with Crippen LogP contribution in [0.1, 0.15) is 16.0 Å². The molecule has 1 aromatic heterocycles. The highest BCUT2D eigenvalue weighted by atomic mass is 32.2. The second kappa shape index (κ2) is 7.77. The van der Waals surface area contributed by atoms with Gasteiger partial charge in [0.2, 0.25) is 0 Å². The van der Waals surface area contributed by atoms with Crippen molar-refractivity contribution in [2.45, 2.75) is 12.5 Å². The van der Waals surface area contributed by atoms with Gasteiger partial charge in [-0.1, -0.05) is 36.4 Å². The number of thioether (sulfide) groups is 1. The Morgan fingerprint density at radius 3 is 2.77 bits per heavy atom. The van der Waals surface area contributed by atoms with Gasteiger partial charge in [0.1, 0.15) is 0 Å². The van der Waals surface area contributed by atoms with Crippen LogP contribution in [0.5, 0.6) is 0 Å². The molecule has 2 aromatic rings. The maximum Gasteiger partial charge on any atom is 0.154 e. The van der Waals surface area contributed by atoms with Crippen LogP contribution in [-0.2, 0) is 11.2 Å². The molecule has 1 aromatic carbocycles. The number of ketones is 1. The second-order valence-corrected chi connectivity index (χ2v) is 7.44. The zero-order chi connectivity index (χ0) is 15.2. The molecule has 0 aliphatic carbocycles. The third kappa shape index (κ3) is 4.32. The minimum absolute atomic E-state index is 0.0251. The monoisotopic (exact) mass is 329 g/mol. The molecule has 0 spiro atoms. The van der Waals surface area contributed by atoms with Gasteiger partial charge in [0.05, 0.1) is 6.04 Å². The van der Waals surface area contributed by atoms with Gasteiger partial charge >= 0.3 is 0 Å². The Labute approximate surface area is 139 Å². The number of carbonyl (C=O) groups excluding carboxylic acids is 1. The minimum atomic E-state index is 0.0251. The van der Waals surface area contributed by atoms with Crippen LogP contribution >= 0.6 is 23.1 Å². The van der Waals surface area contributed by atoms with Crippen molar-refractivity contribution in [3.8, 4) is 0 Å². The van der Waals surface area contributed by atoms with Crippen LogP contribution in [0, 0.1) is 0 Å². The molecular formula is C18H19NOS2. The van der Waals surface area contributed by atoms with E-state index in [1.807, 2.05) is 11.8 Å². The average Bonchev–Trinajstić information content (AvgIpc) is 3.08. The van der Waals surface area contributed by atoms with Crippen LogP contribution < -0.4 is 5.32 Å². The van der Waals surface area contributed by atoms with Crippen LogP contribution in [0.25, 0.3) is 12.2 Å². The first kappa shape index (κ1) is 15.5. The van der Waals surface area contributed by atoms with Crippen molar-refractivity contribution in [2.75, 3.05) is 18.1 Å². The summed E-state index contributed by atoms with van der Waals surface area (Å²) in [6, 6.07) is 12.5. The topological polar surface area (TPSA) is 29.1 Å². The van der Waals surface area contributed by atoms with Crippen molar-refractivity contribution in [3.05, 3.63) is 57.8 Å². The summed E-state index contributed by atoms with van der Waals surface area (Å²) < 4.78 is 0. The lowest BCUT2D eigenvalue weighted by molar-refractivity contribution is -0.119. The largest absolute Gasteiger partial charge is 0.306 e. The molecule has 0 bridgehead atoms. The van der Waals surface area contributed by atoms with Gasteiger partial charge in [-0.15, -0.1) is 11.3 Å². The molecule has 2 nitrogen and oxygen atoms in total. The highest BCUT2D eigenvalue weighted by Gasteiger charge is 2.20. The van der Waals surface area contributed by atoms with Crippen LogP contribution in [-0.4, -0.2) is 29.9 Å². The van der Waals surface area contributed by atoms with E-state index in [1.165, 1.54) is 4.88 Å². The van der Waals surface area contributed by atoms with Crippen molar-refractivity contribution in [1.82, 2.24) is 5.32 Å². The minimum Gasteiger partial charge on any atom is -0.306 e. The summed E-state index contributed by atoms with van der Waals surface area (Å²) in [4.78, 5) is 13.5. The third-order valence-corrected chi connectivity index (χ3v) is 5.55. The van der Waals surface area contributed by atoms with Gasteiger partial charge in [0, 0.05) is 29.3 Å². The summed E-state index contributed by atoms with van der Waals surface area (Å²) in [7, 11) is 0. The predicted octanol–water partition coefficient (Wildman–Crippen LogP) is 3.74. The maximum absolute atomic E-state index is 12.2. The van der Waals surface area contributed by atoms with Crippen molar-refractivity contribution >= 4 is 41.0 Å². The molecule has 114 valence electrons. The molecule has 1 N–H and O–H groups in total. The molecule has 0 amide bonds. The fourth-order valence-corrected chi connectivity index (χ4v) is 3.99. The fraction of sp³-hybridized carbons (Fsp3) is 0.278. The molecule has 1 fully saturated rings. The smallest absolute Gasteiger partial charge is 0.154 e. The SMILES string of the molecule is O=C(Cc1ccc(C=Cc2cccs2)cc1)C1CSCCN1. The number of hydrogen-bond acceptors (Lipinski definition) is 4. The Morgan fingerprint density at radius 2 is 2.09 bits per heavy atom. The summed E-state index contributed by atoms with van der Waals surface area (Å²) >= 11 is 3.59. The van der Waals surface area contributed by atoms with Gasteiger partial charge < -0.3 is 5.32 Å². The van der Waals surface area contributed by atoms with E-state index >= 15 is 0 Å².